The van der Waals surface area contributed by atoms with Crippen molar-refractivity contribution in [3.05, 3.63) is 64.4 Å². The van der Waals surface area contributed by atoms with Gasteiger partial charge >= 0.3 is 0 Å². The number of allylic oxidation sites excluding steroid dienone is 1. The van der Waals surface area contributed by atoms with Crippen molar-refractivity contribution in [3.8, 4) is 5.75 Å². The first-order chi connectivity index (χ1) is 15.9. The average Bonchev–Trinajstić information content (AvgIpc) is 3.25. The highest BCUT2D eigenvalue weighted by Crippen LogP contribution is 2.34. The molecule has 180 valence electrons. The minimum atomic E-state index is -0.458. The van der Waals surface area contributed by atoms with Gasteiger partial charge in [-0.25, -0.2) is 0 Å². The van der Waals surface area contributed by atoms with E-state index in [1.54, 1.807) is 11.3 Å². The molecule has 1 aromatic heterocycles. The fraction of sp³-hybridized carbons (Fsp3) is 0.519. The lowest BCUT2D eigenvalue weighted by molar-refractivity contribution is -0.136. The Kier molecular flexibility index (Phi) is 9.53. The number of fused-ring (bicyclic) bond motifs is 1. The predicted molar refractivity (Wildman–Crippen MR) is 136 cm³/mol. The van der Waals surface area contributed by atoms with Crippen LogP contribution in [-0.4, -0.2) is 59.7 Å². The molecule has 0 bridgehead atoms. The lowest BCUT2D eigenvalue weighted by Crippen LogP contribution is -2.48. The first-order valence-electron chi connectivity index (χ1n) is 11.9. The Morgan fingerprint density at radius 3 is 2.76 bits per heavy atom. The van der Waals surface area contributed by atoms with Gasteiger partial charge in [0.25, 0.3) is 0 Å². The van der Waals surface area contributed by atoms with Crippen LogP contribution in [0.5, 0.6) is 5.75 Å². The summed E-state index contributed by atoms with van der Waals surface area (Å²) in [6, 6.07) is 10.1. The average molecular weight is 471 g/mol. The number of aliphatic hydroxyl groups excluding tert-OH is 1. The second-order valence-electron chi connectivity index (χ2n) is 9.38. The Balaban J connectivity index is 1.70. The van der Waals surface area contributed by atoms with E-state index in [0.717, 1.165) is 25.1 Å². The third-order valence-electron chi connectivity index (χ3n) is 6.00. The molecule has 6 heteroatoms. The van der Waals surface area contributed by atoms with E-state index in [1.165, 1.54) is 16.0 Å². The smallest absolute Gasteiger partial charge is 0.237 e. The molecule has 3 rings (SSSR count). The Morgan fingerprint density at radius 1 is 1.30 bits per heavy atom. The Labute approximate surface area is 202 Å². The fourth-order valence-electron chi connectivity index (χ4n) is 4.39. The van der Waals surface area contributed by atoms with Crippen LogP contribution in [0.3, 0.4) is 0 Å². The number of nitrogens with zero attached hydrogens (tertiary/aromatic N) is 2. The molecule has 1 aromatic carbocycles. The molecule has 0 saturated carbocycles. The van der Waals surface area contributed by atoms with Gasteiger partial charge in [-0.15, -0.1) is 17.9 Å². The van der Waals surface area contributed by atoms with Crippen molar-refractivity contribution < 1.29 is 14.6 Å². The summed E-state index contributed by atoms with van der Waals surface area (Å²) in [6.45, 7) is 12.8. The molecule has 2 atom stereocenters. The summed E-state index contributed by atoms with van der Waals surface area (Å²) in [4.78, 5) is 18.9. The number of ether oxygens (including phenoxy) is 1. The lowest BCUT2D eigenvalue weighted by atomic mass is 10.00. The quantitative estimate of drug-likeness (QED) is 0.451. The van der Waals surface area contributed by atoms with E-state index in [9.17, 15) is 9.90 Å². The zero-order valence-electron chi connectivity index (χ0n) is 20.2. The Morgan fingerprint density at radius 2 is 2.06 bits per heavy atom. The molecule has 0 unspecified atom stereocenters. The number of amides is 1. The van der Waals surface area contributed by atoms with Crippen molar-refractivity contribution >= 4 is 17.2 Å². The van der Waals surface area contributed by atoms with Crippen LogP contribution in [0.25, 0.3) is 0 Å². The van der Waals surface area contributed by atoms with Gasteiger partial charge in [0.2, 0.25) is 5.91 Å². The number of carbonyl (C=O) groups excluding carboxylic acids is 1. The van der Waals surface area contributed by atoms with Gasteiger partial charge in [-0.3, -0.25) is 9.69 Å². The zero-order chi connectivity index (χ0) is 23.8. The van der Waals surface area contributed by atoms with E-state index in [0.29, 0.717) is 38.6 Å². The van der Waals surface area contributed by atoms with Crippen molar-refractivity contribution in [1.82, 2.24) is 9.80 Å². The lowest BCUT2D eigenvalue weighted by Gasteiger charge is -2.37. The predicted octanol–water partition coefficient (Wildman–Crippen LogP) is 4.85. The summed E-state index contributed by atoms with van der Waals surface area (Å²) < 4.78 is 6.13. The van der Waals surface area contributed by atoms with Gasteiger partial charge in [0, 0.05) is 24.5 Å². The second-order valence-corrected chi connectivity index (χ2v) is 10.4. The second kappa shape index (κ2) is 12.4. The van der Waals surface area contributed by atoms with Crippen LogP contribution < -0.4 is 4.74 Å². The van der Waals surface area contributed by atoms with Crippen molar-refractivity contribution in [2.75, 3.05) is 32.8 Å². The first kappa shape index (κ1) is 25.5. The molecule has 1 N–H and O–H groups in total. The van der Waals surface area contributed by atoms with E-state index in [4.69, 9.17) is 4.74 Å². The molecule has 2 heterocycles. The number of rotatable bonds is 12. The maximum absolute atomic E-state index is 13.5. The largest absolute Gasteiger partial charge is 0.491 e. The molecule has 0 spiro atoms. The first-order valence-corrected chi connectivity index (χ1v) is 12.8. The van der Waals surface area contributed by atoms with Gasteiger partial charge in [0.05, 0.1) is 18.7 Å². The van der Waals surface area contributed by atoms with E-state index in [1.807, 2.05) is 35.2 Å². The SMILES string of the molecule is C=CCC[C@H](O)CN(CC(=O)N1CCc2sccc2[C@@H]1COc1ccc(C)cc1)CC(C)C. The van der Waals surface area contributed by atoms with Crippen LogP contribution in [0.2, 0.25) is 0 Å². The Bertz CT molecular complexity index is 893. The maximum atomic E-state index is 13.5. The molecular weight excluding hydrogens is 432 g/mol. The van der Waals surface area contributed by atoms with Crippen molar-refractivity contribution in [1.29, 1.82) is 0 Å². The molecule has 0 radical (unpaired) electrons. The number of aliphatic hydroxyl groups is 1. The summed E-state index contributed by atoms with van der Waals surface area (Å²) in [7, 11) is 0. The summed E-state index contributed by atoms with van der Waals surface area (Å²) >= 11 is 1.76. The molecule has 1 aliphatic heterocycles. The van der Waals surface area contributed by atoms with Gasteiger partial charge in [-0.05, 0) is 61.2 Å². The molecule has 2 aromatic rings. The molecule has 5 nitrogen and oxygen atoms in total. The molecule has 0 fully saturated rings. The number of hydrogen-bond acceptors (Lipinski definition) is 5. The minimum Gasteiger partial charge on any atom is -0.491 e. The fourth-order valence-corrected chi connectivity index (χ4v) is 5.31. The van der Waals surface area contributed by atoms with Gasteiger partial charge in [-0.2, -0.15) is 0 Å². The van der Waals surface area contributed by atoms with Crippen molar-refractivity contribution in [2.24, 2.45) is 5.92 Å². The normalized spacial score (nSPS) is 16.7. The zero-order valence-corrected chi connectivity index (χ0v) is 21.0. The summed E-state index contributed by atoms with van der Waals surface area (Å²) in [5.74, 6) is 1.33. The molecular formula is C27H38N2O3S. The van der Waals surface area contributed by atoms with Crippen LogP contribution in [0.15, 0.2) is 48.4 Å². The highest BCUT2D eigenvalue weighted by atomic mass is 32.1. The van der Waals surface area contributed by atoms with Gasteiger partial charge < -0.3 is 14.7 Å². The third-order valence-corrected chi connectivity index (χ3v) is 7.00. The van der Waals surface area contributed by atoms with E-state index in [2.05, 4.69) is 43.7 Å². The van der Waals surface area contributed by atoms with Crippen molar-refractivity contribution in [3.63, 3.8) is 0 Å². The van der Waals surface area contributed by atoms with Crippen LogP contribution >= 0.6 is 11.3 Å². The van der Waals surface area contributed by atoms with Gasteiger partial charge in [-0.1, -0.05) is 37.6 Å². The van der Waals surface area contributed by atoms with E-state index >= 15 is 0 Å². The molecule has 1 aliphatic rings. The van der Waals surface area contributed by atoms with Gasteiger partial charge in [0.1, 0.15) is 12.4 Å². The van der Waals surface area contributed by atoms with Crippen molar-refractivity contribution in [2.45, 2.75) is 52.2 Å². The standard InChI is InChI=1S/C27H38N2O3S/c1-5-6-7-22(30)17-28(16-20(2)3)18-27(31)29-14-12-26-24(13-15-33-26)25(29)19-32-23-10-8-21(4)9-11-23/h5,8-11,13,15,20,22,25,30H,1,6-7,12,14,16-19H2,2-4H3/t22-,25-/m0/s1. The highest BCUT2D eigenvalue weighted by molar-refractivity contribution is 7.10. The van der Waals surface area contributed by atoms with Crippen LogP contribution in [0.1, 0.15) is 48.7 Å². The van der Waals surface area contributed by atoms with Crippen LogP contribution in [0, 0.1) is 12.8 Å². The third kappa shape index (κ3) is 7.42. The van der Waals surface area contributed by atoms with Gasteiger partial charge in [0.15, 0.2) is 0 Å². The molecule has 0 saturated heterocycles. The molecule has 0 aliphatic carbocycles. The maximum Gasteiger partial charge on any atom is 0.237 e. The number of thiophene rings is 1. The number of hydrogen-bond donors (Lipinski definition) is 1. The van der Waals surface area contributed by atoms with Crippen LogP contribution in [0.4, 0.5) is 0 Å². The summed E-state index contributed by atoms with van der Waals surface area (Å²) in [6.07, 6.45) is 3.69. The monoisotopic (exact) mass is 470 g/mol. The molecule has 33 heavy (non-hydrogen) atoms. The van der Waals surface area contributed by atoms with E-state index < -0.39 is 6.10 Å². The molecule has 1 amide bonds. The van der Waals surface area contributed by atoms with Crippen LogP contribution in [-0.2, 0) is 11.2 Å². The minimum absolute atomic E-state index is 0.0969. The summed E-state index contributed by atoms with van der Waals surface area (Å²) in [5, 5.41) is 12.5. The number of benzene rings is 1. The van der Waals surface area contributed by atoms with E-state index in [-0.39, 0.29) is 11.9 Å². The Hall–Kier alpha value is -2.15. The summed E-state index contributed by atoms with van der Waals surface area (Å²) in [5.41, 5.74) is 2.39. The number of aryl methyl sites for hydroxylation is 1. The number of carbonyl (C=O) groups is 1. The highest BCUT2D eigenvalue weighted by Gasteiger charge is 2.33. The topological polar surface area (TPSA) is 53.0 Å².